The molecule has 0 aliphatic heterocycles. The van der Waals surface area contributed by atoms with Crippen LogP contribution in [0.5, 0.6) is 0 Å². The fourth-order valence-electron chi connectivity index (χ4n) is 1.17. The molecule has 0 atom stereocenters. The molecule has 0 aromatic carbocycles. The number of anilines is 1. The van der Waals surface area contributed by atoms with Gasteiger partial charge in [-0.05, 0) is 18.5 Å². The molecule has 96 valence electrons. The second-order valence-electron chi connectivity index (χ2n) is 3.51. The lowest BCUT2D eigenvalue weighted by atomic mass is 10.2. The topological polar surface area (TPSA) is 90.8 Å². The van der Waals surface area contributed by atoms with E-state index in [4.69, 9.17) is 5.11 Å². The third-order valence-corrected chi connectivity index (χ3v) is 5.08. The number of hydrogen-bond donors (Lipinski definition) is 1. The maximum Gasteiger partial charge on any atom is 0.340 e. The highest BCUT2D eigenvalue weighted by molar-refractivity contribution is 7.90. The molecule has 1 N–H and O–H groups in total. The molecule has 9 heteroatoms. The van der Waals surface area contributed by atoms with E-state index in [9.17, 15) is 13.2 Å². The summed E-state index contributed by atoms with van der Waals surface area (Å²) in [6, 6.07) is 0. The molecule has 0 aliphatic rings. The predicted octanol–water partition coefficient (Wildman–Crippen LogP) is 0.392. The number of nitrogens with zero attached hydrogens (tertiary/aromatic N) is 3. The van der Waals surface area contributed by atoms with Crippen LogP contribution < -0.4 is 4.31 Å². The second-order valence-corrected chi connectivity index (χ2v) is 6.44. The average molecular weight is 279 g/mol. The number of aromatic nitrogens is 1. The van der Waals surface area contributed by atoms with Crippen LogP contribution in [0, 0.1) is 6.92 Å². The van der Waals surface area contributed by atoms with Gasteiger partial charge in [-0.15, -0.1) is 0 Å². The Hall–Kier alpha value is -1.19. The molecule has 0 fully saturated rings. The minimum atomic E-state index is -3.70. The molecule has 0 amide bonds. The Morgan fingerprint density at radius 1 is 1.35 bits per heavy atom. The summed E-state index contributed by atoms with van der Waals surface area (Å²) in [5, 5.41) is 9.12. The van der Waals surface area contributed by atoms with Gasteiger partial charge in [-0.3, -0.25) is 0 Å². The number of rotatable bonds is 4. The minimum absolute atomic E-state index is 0.0806. The number of carboxylic acids is 1. The van der Waals surface area contributed by atoms with Crippen molar-refractivity contribution in [3.05, 3.63) is 11.3 Å². The van der Waals surface area contributed by atoms with Crippen molar-refractivity contribution in [2.45, 2.75) is 6.92 Å². The summed E-state index contributed by atoms with van der Waals surface area (Å²) < 4.78 is 29.5. The van der Waals surface area contributed by atoms with Crippen molar-refractivity contribution in [1.29, 1.82) is 0 Å². The van der Waals surface area contributed by atoms with Crippen molar-refractivity contribution in [3.63, 3.8) is 0 Å². The summed E-state index contributed by atoms with van der Waals surface area (Å²) in [6.07, 6.45) is 0. The summed E-state index contributed by atoms with van der Waals surface area (Å²) in [6.45, 7) is 1.53. The quantitative estimate of drug-likeness (QED) is 0.861. The first kappa shape index (κ1) is 13.9. The summed E-state index contributed by atoms with van der Waals surface area (Å²) >= 11 is 0.846. The van der Waals surface area contributed by atoms with E-state index < -0.39 is 16.2 Å². The first-order valence-electron chi connectivity index (χ1n) is 4.55. The highest BCUT2D eigenvalue weighted by atomic mass is 32.2. The Kier molecular flexibility index (Phi) is 3.74. The van der Waals surface area contributed by atoms with Crippen molar-refractivity contribution in [2.75, 3.05) is 25.4 Å². The first-order valence-corrected chi connectivity index (χ1v) is 6.72. The van der Waals surface area contributed by atoms with Gasteiger partial charge in [0.1, 0.15) is 10.6 Å². The zero-order valence-electron chi connectivity index (χ0n) is 9.83. The first-order chi connectivity index (χ1) is 7.69. The van der Waals surface area contributed by atoms with Gasteiger partial charge < -0.3 is 5.11 Å². The zero-order valence-corrected chi connectivity index (χ0v) is 11.5. The van der Waals surface area contributed by atoms with E-state index in [-0.39, 0.29) is 10.6 Å². The molecular formula is C8H13N3O4S2. The van der Waals surface area contributed by atoms with E-state index in [1.54, 1.807) is 0 Å². The highest BCUT2D eigenvalue weighted by Gasteiger charge is 2.28. The number of carbonyl (C=O) groups is 1. The summed E-state index contributed by atoms with van der Waals surface area (Å²) in [7, 11) is 0.352. The average Bonchev–Trinajstić information content (AvgIpc) is 2.58. The van der Waals surface area contributed by atoms with Crippen LogP contribution in [-0.2, 0) is 10.2 Å². The molecule has 0 unspecified atom stereocenters. The van der Waals surface area contributed by atoms with Crippen LogP contribution >= 0.6 is 11.5 Å². The van der Waals surface area contributed by atoms with Crippen LogP contribution in [0.2, 0.25) is 0 Å². The molecule has 1 aromatic rings. The normalized spacial score (nSPS) is 11.8. The third kappa shape index (κ3) is 2.40. The standard InChI is InChI=1S/C8H13N3O4S2/c1-5-6(8(12)13)7(16-9-5)11(4)17(14,15)10(2)3/h1-4H3,(H,12,13). The third-order valence-electron chi connectivity index (χ3n) is 2.15. The van der Waals surface area contributed by atoms with Crippen LogP contribution in [-0.4, -0.2) is 49.3 Å². The maximum absolute atomic E-state index is 11.9. The molecule has 7 nitrogen and oxygen atoms in total. The molecule has 0 saturated carbocycles. The summed E-state index contributed by atoms with van der Waals surface area (Å²) in [5.41, 5.74) is 0.223. The van der Waals surface area contributed by atoms with Crippen molar-refractivity contribution in [1.82, 2.24) is 8.68 Å². The van der Waals surface area contributed by atoms with Gasteiger partial charge in [-0.2, -0.15) is 17.1 Å². The SMILES string of the molecule is Cc1nsc(N(C)S(=O)(=O)N(C)C)c1C(=O)O. The zero-order chi connectivity index (χ0) is 13.4. The van der Waals surface area contributed by atoms with Crippen LogP contribution in [0.1, 0.15) is 16.1 Å². The van der Waals surface area contributed by atoms with Gasteiger partial charge in [0.25, 0.3) is 0 Å². The van der Waals surface area contributed by atoms with Gasteiger partial charge in [0, 0.05) is 21.1 Å². The number of aryl methyl sites for hydroxylation is 1. The fraction of sp³-hybridized carbons (Fsp3) is 0.500. The van der Waals surface area contributed by atoms with E-state index in [2.05, 4.69) is 4.37 Å². The lowest BCUT2D eigenvalue weighted by Gasteiger charge is -2.21. The summed E-state index contributed by atoms with van der Waals surface area (Å²) in [4.78, 5) is 11.0. The van der Waals surface area contributed by atoms with Gasteiger partial charge in [0.2, 0.25) is 0 Å². The van der Waals surface area contributed by atoms with E-state index in [0.717, 1.165) is 20.1 Å². The maximum atomic E-state index is 11.9. The minimum Gasteiger partial charge on any atom is -0.478 e. The smallest absolute Gasteiger partial charge is 0.340 e. The Morgan fingerprint density at radius 2 is 1.88 bits per heavy atom. The van der Waals surface area contributed by atoms with Gasteiger partial charge >= 0.3 is 16.2 Å². The Labute approximate surface area is 104 Å². The van der Waals surface area contributed by atoms with Crippen LogP contribution in [0.15, 0.2) is 0 Å². The molecule has 17 heavy (non-hydrogen) atoms. The second kappa shape index (κ2) is 4.59. The van der Waals surface area contributed by atoms with Crippen LogP contribution in [0.4, 0.5) is 5.00 Å². The van der Waals surface area contributed by atoms with E-state index in [1.165, 1.54) is 28.1 Å². The molecule has 1 heterocycles. The molecular weight excluding hydrogens is 266 g/mol. The van der Waals surface area contributed by atoms with E-state index in [0.29, 0.717) is 5.69 Å². The van der Waals surface area contributed by atoms with Crippen molar-refractivity contribution < 1.29 is 18.3 Å². The van der Waals surface area contributed by atoms with E-state index in [1.807, 2.05) is 0 Å². The monoisotopic (exact) mass is 279 g/mol. The lowest BCUT2D eigenvalue weighted by molar-refractivity contribution is 0.0697. The Bertz CT molecular complexity index is 535. The highest BCUT2D eigenvalue weighted by Crippen LogP contribution is 2.29. The molecule has 0 saturated heterocycles. The number of carboxylic acid groups (broad SMARTS) is 1. The van der Waals surface area contributed by atoms with Crippen molar-refractivity contribution in [2.24, 2.45) is 0 Å². The Balaban J connectivity index is 3.32. The largest absolute Gasteiger partial charge is 0.478 e. The van der Waals surface area contributed by atoms with E-state index >= 15 is 0 Å². The molecule has 1 rings (SSSR count). The molecule has 0 spiro atoms. The molecule has 0 bridgehead atoms. The van der Waals surface area contributed by atoms with Gasteiger partial charge in [0.05, 0.1) is 5.69 Å². The lowest BCUT2D eigenvalue weighted by Crippen LogP contribution is -2.37. The van der Waals surface area contributed by atoms with Crippen LogP contribution in [0.25, 0.3) is 0 Å². The van der Waals surface area contributed by atoms with Crippen molar-refractivity contribution in [3.8, 4) is 0 Å². The van der Waals surface area contributed by atoms with Gasteiger partial charge in [0.15, 0.2) is 0 Å². The van der Waals surface area contributed by atoms with Gasteiger partial charge in [-0.1, -0.05) is 0 Å². The Morgan fingerprint density at radius 3 is 2.29 bits per heavy atom. The fourth-order valence-corrected chi connectivity index (χ4v) is 3.10. The van der Waals surface area contributed by atoms with Crippen LogP contribution in [0.3, 0.4) is 0 Å². The van der Waals surface area contributed by atoms with Gasteiger partial charge in [-0.25, -0.2) is 9.10 Å². The van der Waals surface area contributed by atoms with Crippen molar-refractivity contribution >= 4 is 32.7 Å². The number of hydrogen-bond acceptors (Lipinski definition) is 5. The predicted molar refractivity (Wildman–Crippen MR) is 64.8 cm³/mol. The number of aromatic carboxylic acids is 1. The molecule has 0 aliphatic carbocycles. The molecule has 0 radical (unpaired) electrons. The molecule has 1 aromatic heterocycles. The summed E-state index contributed by atoms with van der Waals surface area (Å²) in [5.74, 6) is -1.19.